The van der Waals surface area contributed by atoms with E-state index in [1.807, 2.05) is 18.2 Å². The minimum atomic E-state index is 0.703. The molecule has 2 heteroatoms. The van der Waals surface area contributed by atoms with E-state index in [0.717, 1.165) is 39.0 Å². The summed E-state index contributed by atoms with van der Waals surface area (Å²) in [5, 5.41) is 9.85. The van der Waals surface area contributed by atoms with E-state index in [9.17, 15) is 0 Å². The Hall–Kier alpha value is -7.68. The molecule has 0 bridgehead atoms. The molecule has 10 aromatic carbocycles. The van der Waals surface area contributed by atoms with Gasteiger partial charge in [-0.05, 0) is 88.6 Å². The van der Waals surface area contributed by atoms with Crippen molar-refractivity contribution in [3.05, 3.63) is 218 Å². The third-order valence-electron chi connectivity index (χ3n) is 11.5. The van der Waals surface area contributed by atoms with Gasteiger partial charge in [0.05, 0.1) is 11.4 Å². The number of benzene rings is 10. The molecule has 0 atom stereocenters. The molecule has 0 saturated carbocycles. The molecule has 2 nitrogen and oxygen atoms in total. The number of fused-ring (bicyclic) bond motifs is 5. The average molecular weight is 737 g/mol. The van der Waals surface area contributed by atoms with Gasteiger partial charge < -0.3 is 0 Å². The SMILES string of the molecule is c1ccc(-c2ccc(-c3ccc(-c4cc(-c5ccc(-c6c7ccccc7cc7c6ccc6ccccc67)c6ccccc56)nc(-c5ccccc5)n4)cc3)cc2)cc1. The lowest BCUT2D eigenvalue weighted by Gasteiger charge is -2.17. The van der Waals surface area contributed by atoms with Crippen molar-refractivity contribution in [1.29, 1.82) is 0 Å². The van der Waals surface area contributed by atoms with Crippen LogP contribution >= 0.6 is 0 Å². The summed E-state index contributed by atoms with van der Waals surface area (Å²) in [6, 6.07) is 78.2. The fraction of sp³-hybridized carbons (Fsp3) is 0. The molecule has 1 heterocycles. The summed E-state index contributed by atoms with van der Waals surface area (Å²) in [6.45, 7) is 0. The second-order valence-electron chi connectivity index (χ2n) is 14.9. The van der Waals surface area contributed by atoms with Crippen LogP contribution in [-0.4, -0.2) is 9.97 Å². The van der Waals surface area contributed by atoms with Gasteiger partial charge in [0.1, 0.15) is 0 Å². The first-order valence-corrected chi connectivity index (χ1v) is 19.8. The summed E-state index contributed by atoms with van der Waals surface area (Å²) in [5.74, 6) is 0.703. The van der Waals surface area contributed by atoms with Gasteiger partial charge in [-0.3, -0.25) is 0 Å². The smallest absolute Gasteiger partial charge is 0.160 e. The lowest BCUT2D eigenvalue weighted by molar-refractivity contribution is 1.18. The van der Waals surface area contributed by atoms with Crippen LogP contribution in [0, 0.1) is 0 Å². The summed E-state index contributed by atoms with van der Waals surface area (Å²) < 4.78 is 0. The zero-order valence-electron chi connectivity index (χ0n) is 31.7. The standard InChI is InChI=1S/C56H36N2/c1-3-13-37(14-4-1)38-23-25-39(26-24-38)40-27-29-42(30-28-40)53-36-54(58-56(57-53)43-16-5-2-6-17-43)49-33-34-50(48-22-12-11-21-47(48)49)55-46-20-10-8-18-44(46)35-52-45-19-9-7-15-41(45)31-32-51(52)55/h1-36H. The Morgan fingerprint density at radius 2 is 0.724 bits per heavy atom. The third kappa shape index (κ3) is 5.91. The van der Waals surface area contributed by atoms with Crippen molar-refractivity contribution < 1.29 is 0 Å². The Bertz CT molecular complexity index is 3300. The van der Waals surface area contributed by atoms with Crippen LogP contribution in [0.4, 0.5) is 0 Å². The van der Waals surface area contributed by atoms with Crippen LogP contribution < -0.4 is 0 Å². The molecule has 11 rings (SSSR count). The summed E-state index contributed by atoms with van der Waals surface area (Å²) in [4.78, 5) is 10.4. The molecule has 0 N–H and O–H groups in total. The molecule has 11 aromatic rings. The molecule has 0 spiro atoms. The highest BCUT2D eigenvalue weighted by atomic mass is 14.9. The Morgan fingerprint density at radius 1 is 0.241 bits per heavy atom. The molecule has 0 aliphatic carbocycles. The van der Waals surface area contributed by atoms with E-state index in [-0.39, 0.29) is 0 Å². The molecule has 0 aliphatic rings. The van der Waals surface area contributed by atoms with E-state index in [2.05, 4.69) is 200 Å². The number of hydrogen-bond donors (Lipinski definition) is 0. The van der Waals surface area contributed by atoms with Gasteiger partial charge in [-0.15, -0.1) is 0 Å². The molecule has 0 aliphatic heterocycles. The van der Waals surface area contributed by atoms with Crippen molar-refractivity contribution >= 4 is 43.1 Å². The highest BCUT2D eigenvalue weighted by Crippen LogP contribution is 2.44. The lowest BCUT2D eigenvalue weighted by atomic mass is 9.86. The van der Waals surface area contributed by atoms with Gasteiger partial charge in [-0.1, -0.05) is 206 Å². The number of aromatic nitrogens is 2. The Morgan fingerprint density at radius 3 is 1.40 bits per heavy atom. The fourth-order valence-corrected chi connectivity index (χ4v) is 8.62. The van der Waals surface area contributed by atoms with E-state index >= 15 is 0 Å². The Kier molecular flexibility index (Phi) is 8.19. The molecule has 58 heavy (non-hydrogen) atoms. The average Bonchev–Trinajstić information content (AvgIpc) is 3.31. The van der Waals surface area contributed by atoms with Gasteiger partial charge in [0, 0.05) is 16.7 Å². The zero-order valence-corrected chi connectivity index (χ0v) is 31.7. The van der Waals surface area contributed by atoms with Crippen LogP contribution in [-0.2, 0) is 0 Å². The third-order valence-corrected chi connectivity index (χ3v) is 11.5. The van der Waals surface area contributed by atoms with E-state index in [4.69, 9.17) is 9.97 Å². The summed E-state index contributed by atoms with van der Waals surface area (Å²) in [5.41, 5.74) is 12.1. The molecule has 0 saturated heterocycles. The molecule has 270 valence electrons. The van der Waals surface area contributed by atoms with E-state index in [1.54, 1.807) is 0 Å². The van der Waals surface area contributed by atoms with Gasteiger partial charge in [-0.25, -0.2) is 9.97 Å². The minimum absolute atomic E-state index is 0.703. The van der Waals surface area contributed by atoms with Crippen LogP contribution in [0.15, 0.2) is 218 Å². The largest absolute Gasteiger partial charge is 0.228 e. The zero-order chi connectivity index (χ0) is 38.4. The molecular formula is C56H36N2. The van der Waals surface area contributed by atoms with Crippen molar-refractivity contribution in [3.63, 3.8) is 0 Å². The van der Waals surface area contributed by atoms with Crippen molar-refractivity contribution in [2.45, 2.75) is 0 Å². The first-order valence-electron chi connectivity index (χ1n) is 19.8. The van der Waals surface area contributed by atoms with Crippen LogP contribution in [0.1, 0.15) is 0 Å². The molecule has 0 unspecified atom stereocenters. The van der Waals surface area contributed by atoms with E-state index in [1.165, 1.54) is 65.5 Å². The van der Waals surface area contributed by atoms with Crippen molar-refractivity contribution in [2.75, 3.05) is 0 Å². The summed E-state index contributed by atoms with van der Waals surface area (Å²) in [6.07, 6.45) is 0. The number of rotatable bonds is 6. The van der Waals surface area contributed by atoms with Gasteiger partial charge in [0.2, 0.25) is 0 Å². The van der Waals surface area contributed by atoms with E-state index in [0.29, 0.717) is 5.82 Å². The van der Waals surface area contributed by atoms with Crippen molar-refractivity contribution in [3.8, 4) is 67.3 Å². The Labute approximate surface area is 337 Å². The molecular weight excluding hydrogens is 701 g/mol. The molecule has 0 fully saturated rings. The quantitative estimate of drug-likeness (QED) is 0.125. The number of nitrogens with zero attached hydrogens (tertiary/aromatic N) is 2. The van der Waals surface area contributed by atoms with Gasteiger partial charge in [-0.2, -0.15) is 0 Å². The monoisotopic (exact) mass is 736 g/mol. The second-order valence-corrected chi connectivity index (χ2v) is 14.9. The maximum Gasteiger partial charge on any atom is 0.160 e. The number of hydrogen-bond acceptors (Lipinski definition) is 2. The van der Waals surface area contributed by atoms with Gasteiger partial charge in [0.25, 0.3) is 0 Å². The predicted octanol–water partition coefficient (Wildman–Crippen LogP) is 15.1. The topological polar surface area (TPSA) is 25.8 Å². The highest BCUT2D eigenvalue weighted by molar-refractivity contribution is 6.23. The second kappa shape index (κ2) is 14.1. The van der Waals surface area contributed by atoms with Crippen LogP contribution in [0.3, 0.4) is 0 Å². The lowest BCUT2D eigenvalue weighted by Crippen LogP contribution is -1.97. The van der Waals surface area contributed by atoms with Crippen LogP contribution in [0.25, 0.3) is 110 Å². The highest BCUT2D eigenvalue weighted by Gasteiger charge is 2.18. The summed E-state index contributed by atoms with van der Waals surface area (Å²) >= 11 is 0. The van der Waals surface area contributed by atoms with Crippen LogP contribution in [0.5, 0.6) is 0 Å². The van der Waals surface area contributed by atoms with Crippen molar-refractivity contribution in [1.82, 2.24) is 9.97 Å². The van der Waals surface area contributed by atoms with E-state index < -0.39 is 0 Å². The van der Waals surface area contributed by atoms with Crippen LogP contribution in [0.2, 0.25) is 0 Å². The minimum Gasteiger partial charge on any atom is -0.228 e. The first kappa shape index (κ1) is 33.6. The summed E-state index contributed by atoms with van der Waals surface area (Å²) in [7, 11) is 0. The molecule has 0 radical (unpaired) electrons. The maximum atomic E-state index is 5.27. The van der Waals surface area contributed by atoms with Gasteiger partial charge in [0.15, 0.2) is 5.82 Å². The van der Waals surface area contributed by atoms with Gasteiger partial charge >= 0.3 is 0 Å². The Balaban J connectivity index is 1.05. The fourth-order valence-electron chi connectivity index (χ4n) is 8.62. The first-order chi connectivity index (χ1) is 28.7. The predicted molar refractivity (Wildman–Crippen MR) is 245 cm³/mol. The van der Waals surface area contributed by atoms with Crippen molar-refractivity contribution in [2.24, 2.45) is 0 Å². The molecule has 0 amide bonds. The molecule has 1 aromatic heterocycles. The maximum absolute atomic E-state index is 5.27. The normalized spacial score (nSPS) is 11.4.